The maximum absolute atomic E-state index is 13.7. The number of nitrogens with zero attached hydrogens (tertiary/aromatic N) is 2. The molecular formula is C29H45ClN4O2. The van der Waals surface area contributed by atoms with Gasteiger partial charge >= 0.3 is 0 Å². The average Bonchev–Trinajstić information content (AvgIpc) is 3.16. The van der Waals surface area contributed by atoms with Crippen LogP contribution in [-0.4, -0.2) is 72.0 Å². The number of piperazine rings is 1. The van der Waals surface area contributed by atoms with Crippen molar-refractivity contribution < 1.29 is 9.59 Å². The lowest BCUT2D eigenvalue weighted by Gasteiger charge is -2.47. The summed E-state index contributed by atoms with van der Waals surface area (Å²) in [6.07, 6.45) is 3.03. The van der Waals surface area contributed by atoms with Crippen LogP contribution >= 0.6 is 11.6 Å². The lowest BCUT2D eigenvalue weighted by Crippen LogP contribution is -2.60. The number of hydrogen-bond acceptors (Lipinski definition) is 4. The van der Waals surface area contributed by atoms with Crippen LogP contribution in [0.4, 0.5) is 0 Å². The van der Waals surface area contributed by atoms with Crippen LogP contribution in [0.1, 0.15) is 66.4 Å². The fraction of sp³-hybridized carbons (Fsp3) is 0.655. The minimum Gasteiger partial charge on any atom is -0.344 e. The van der Waals surface area contributed by atoms with Crippen LogP contribution in [0, 0.1) is 5.92 Å². The topological polar surface area (TPSA) is 64.7 Å². The van der Waals surface area contributed by atoms with Crippen LogP contribution in [0.5, 0.6) is 0 Å². The maximum atomic E-state index is 13.7. The Kier molecular flexibility index (Phi) is 10.0. The zero-order valence-corrected chi connectivity index (χ0v) is 23.8. The summed E-state index contributed by atoms with van der Waals surface area (Å²) in [5.74, 6) is 0.538. The second-order valence-electron chi connectivity index (χ2n) is 11.3. The van der Waals surface area contributed by atoms with Crippen molar-refractivity contribution in [1.29, 1.82) is 0 Å². The predicted octanol–water partition coefficient (Wildman–Crippen LogP) is 4.42. The molecule has 0 spiro atoms. The highest BCUT2D eigenvalue weighted by Gasteiger charge is 2.36. The molecule has 0 saturated carbocycles. The Bertz CT molecular complexity index is 937. The number of rotatable bonds is 10. The molecule has 0 aromatic heterocycles. The number of carbonyl (C=O) groups is 2. The first kappa shape index (κ1) is 28.7. The first-order valence-corrected chi connectivity index (χ1v) is 13.9. The van der Waals surface area contributed by atoms with E-state index in [1.165, 1.54) is 11.1 Å². The second-order valence-corrected chi connectivity index (χ2v) is 11.7. The molecule has 0 radical (unpaired) electrons. The fourth-order valence-corrected chi connectivity index (χ4v) is 5.78. The van der Waals surface area contributed by atoms with Crippen molar-refractivity contribution in [2.24, 2.45) is 5.92 Å². The molecule has 2 aliphatic heterocycles. The summed E-state index contributed by atoms with van der Waals surface area (Å²) in [4.78, 5) is 31.2. The van der Waals surface area contributed by atoms with Crippen molar-refractivity contribution in [1.82, 2.24) is 20.4 Å². The van der Waals surface area contributed by atoms with E-state index in [1.54, 1.807) is 0 Å². The van der Waals surface area contributed by atoms with Gasteiger partial charge in [-0.15, -0.1) is 0 Å². The number of carbonyl (C=O) groups excluding carboxylic acids is 2. The molecule has 2 aliphatic rings. The lowest BCUT2D eigenvalue weighted by molar-refractivity contribution is -0.139. The third-order valence-corrected chi connectivity index (χ3v) is 8.40. The highest BCUT2D eigenvalue weighted by Crippen LogP contribution is 2.29. The van der Waals surface area contributed by atoms with Gasteiger partial charge in [0, 0.05) is 62.2 Å². The Morgan fingerprint density at radius 3 is 2.31 bits per heavy atom. The molecule has 3 atom stereocenters. The first-order valence-electron chi connectivity index (χ1n) is 13.5. The van der Waals surface area contributed by atoms with E-state index in [-0.39, 0.29) is 23.4 Å². The Balaban J connectivity index is 1.68. The predicted molar refractivity (Wildman–Crippen MR) is 148 cm³/mol. The van der Waals surface area contributed by atoms with Gasteiger partial charge in [0.2, 0.25) is 11.8 Å². The SMILES string of the molecule is CCC(C)(CC(C)C)N1CCN(C(=O)C(Cc2ccc(Cl)cc2)NC(=O)CC2NCC(C)=C2C)CC1. The van der Waals surface area contributed by atoms with Crippen molar-refractivity contribution >= 4 is 23.4 Å². The van der Waals surface area contributed by atoms with Crippen molar-refractivity contribution in [3.63, 3.8) is 0 Å². The zero-order chi connectivity index (χ0) is 26.5. The van der Waals surface area contributed by atoms with Crippen LogP contribution in [0.15, 0.2) is 35.4 Å². The zero-order valence-electron chi connectivity index (χ0n) is 23.0. The molecule has 1 aromatic carbocycles. The van der Waals surface area contributed by atoms with Crippen LogP contribution in [0.2, 0.25) is 5.02 Å². The van der Waals surface area contributed by atoms with Gasteiger partial charge in [0.25, 0.3) is 0 Å². The molecule has 1 saturated heterocycles. The number of halogens is 1. The van der Waals surface area contributed by atoms with Gasteiger partial charge in [0.05, 0.1) is 0 Å². The Hall–Kier alpha value is -1.89. The summed E-state index contributed by atoms with van der Waals surface area (Å²) in [6.45, 7) is 17.2. The summed E-state index contributed by atoms with van der Waals surface area (Å²) in [5, 5.41) is 7.13. The summed E-state index contributed by atoms with van der Waals surface area (Å²) < 4.78 is 0. The smallest absolute Gasteiger partial charge is 0.245 e. The van der Waals surface area contributed by atoms with E-state index in [4.69, 9.17) is 11.6 Å². The summed E-state index contributed by atoms with van der Waals surface area (Å²) in [6, 6.07) is 6.97. The third-order valence-electron chi connectivity index (χ3n) is 8.15. The Morgan fingerprint density at radius 1 is 1.14 bits per heavy atom. The van der Waals surface area contributed by atoms with Gasteiger partial charge in [-0.3, -0.25) is 14.5 Å². The van der Waals surface area contributed by atoms with Gasteiger partial charge in [0.15, 0.2) is 0 Å². The minimum atomic E-state index is -0.592. The van der Waals surface area contributed by atoms with E-state index in [0.29, 0.717) is 36.9 Å². The number of benzene rings is 1. The molecule has 6 nitrogen and oxygen atoms in total. The fourth-order valence-electron chi connectivity index (χ4n) is 5.65. The Labute approximate surface area is 222 Å². The largest absolute Gasteiger partial charge is 0.344 e. The van der Waals surface area contributed by atoms with Crippen LogP contribution in [0.3, 0.4) is 0 Å². The molecule has 0 aliphatic carbocycles. The molecule has 36 heavy (non-hydrogen) atoms. The molecule has 2 amide bonds. The van der Waals surface area contributed by atoms with Gasteiger partial charge < -0.3 is 15.5 Å². The minimum absolute atomic E-state index is 0.00263. The van der Waals surface area contributed by atoms with Gasteiger partial charge in [-0.25, -0.2) is 0 Å². The van der Waals surface area contributed by atoms with Gasteiger partial charge in [-0.2, -0.15) is 0 Å². The van der Waals surface area contributed by atoms with Gasteiger partial charge in [-0.1, -0.05) is 55.7 Å². The summed E-state index contributed by atoms with van der Waals surface area (Å²) >= 11 is 6.07. The molecule has 2 heterocycles. The average molecular weight is 517 g/mol. The molecule has 1 aromatic rings. The Morgan fingerprint density at radius 2 is 1.78 bits per heavy atom. The number of hydrogen-bond donors (Lipinski definition) is 2. The van der Waals surface area contributed by atoms with Gasteiger partial charge in [-0.05, 0) is 57.2 Å². The first-order chi connectivity index (χ1) is 17.0. The number of nitrogens with one attached hydrogen (secondary N) is 2. The van der Waals surface area contributed by atoms with Crippen molar-refractivity contribution in [3.05, 3.63) is 46.0 Å². The molecule has 3 unspecified atom stereocenters. The normalized spacial score (nSPS) is 21.6. The number of amides is 2. The van der Waals surface area contributed by atoms with E-state index in [0.717, 1.165) is 38.0 Å². The van der Waals surface area contributed by atoms with Gasteiger partial charge in [0.1, 0.15) is 6.04 Å². The van der Waals surface area contributed by atoms with E-state index in [1.807, 2.05) is 29.2 Å². The molecule has 3 rings (SSSR count). The molecule has 0 bridgehead atoms. The van der Waals surface area contributed by atoms with Crippen LogP contribution in [0.25, 0.3) is 0 Å². The monoisotopic (exact) mass is 516 g/mol. The summed E-state index contributed by atoms with van der Waals surface area (Å²) in [5.41, 5.74) is 3.65. The van der Waals surface area contributed by atoms with Crippen molar-refractivity contribution in [2.75, 3.05) is 32.7 Å². The lowest BCUT2D eigenvalue weighted by atomic mass is 9.86. The highest BCUT2D eigenvalue weighted by molar-refractivity contribution is 6.30. The van der Waals surface area contributed by atoms with Crippen molar-refractivity contribution in [3.8, 4) is 0 Å². The van der Waals surface area contributed by atoms with E-state index in [9.17, 15) is 9.59 Å². The van der Waals surface area contributed by atoms with E-state index >= 15 is 0 Å². The van der Waals surface area contributed by atoms with Crippen LogP contribution in [-0.2, 0) is 16.0 Å². The molecule has 2 N–H and O–H groups in total. The van der Waals surface area contributed by atoms with E-state index < -0.39 is 6.04 Å². The summed E-state index contributed by atoms with van der Waals surface area (Å²) in [7, 11) is 0. The quantitative estimate of drug-likeness (QED) is 0.452. The maximum Gasteiger partial charge on any atom is 0.245 e. The second kappa shape index (κ2) is 12.6. The third kappa shape index (κ3) is 7.33. The van der Waals surface area contributed by atoms with Crippen molar-refractivity contribution in [2.45, 2.75) is 84.8 Å². The molecule has 200 valence electrons. The highest BCUT2D eigenvalue weighted by atomic mass is 35.5. The molecule has 7 heteroatoms. The molecule has 1 fully saturated rings. The standard InChI is InChI=1S/C29H45ClN4O2/c1-7-29(6,18-20(2)3)34-14-12-33(13-15-34)28(36)26(16-23-8-10-24(30)11-9-23)32-27(35)17-25-22(5)21(4)19-31-25/h8-11,20,25-26,31H,7,12-19H2,1-6H3,(H,32,35). The van der Waals surface area contributed by atoms with Crippen LogP contribution < -0.4 is 10.6 Å². The molecular weight excluding hydrogens is 472 g/mol. The van der Waals surface area contributed by atoms with E-state index in [2.05, 4.69) is 57.1 Å².